The number of nitrogens with two attached hydrogens (primary N) is 1. The van der Waals surface area contributed by atoms with Crippen molar-refractivity contribution in [1.29, 1.82) is 0 Å². The molecule has 0 bridgehead atoms. The van der Waals surface area contributed by atoms with Gasteiger partial charge in [0, 0.05) is 12.2 Å². The van der Waals surface area contributed by atoms with E-state index in [0.717, 1.165) is 18.7 Å². The molecule has 14 heavy (non-hydrogen) atoms. The standard InChI is InChI=1S/C11H21N3/c1-6-14-8(2)9(13-10(14)12)7-11(3,4)5/h6-7H2,1-5H3,(H2,12,13). The first kappa shape index (κ1) is 11.1. The number of anilines is 1. The van der Waals surface area contributed by atoms with E-state index in [9.17, 15) is 0 Å². The van der Waals surface area contributed by atoms with Crippen LogP contribution in [0.25, 0.3) is 0 Å². The number of aromatic nitrogens is 2. The van der Waals surface area contributed by atoms with Crippen LogP contribution in [-0.4, -0.2) is 9.55 Å². The third-order valence-electron chi connectivity index (χ3n) is 2.36. The third-order valence-corrected chi connectivity index (χ3v) is 2.36. The van der Waals surface area contributed by atoms with E-state index in [1.165, 1.54) is 5.69 Å². The van der Waals surface area contributed by atoms with Gasteiger partial charge in [0.15, 0.2) is 0 Å². The van der Waals surface area contributed by atoms with Gasteiger partial charge < -0.3 is 10.3 Å². The third kappa shape index (κ3) is 2.28. The Balaban J connectivity index is 3.00. The molecule has 2 N–H and O–H groups in total. The number of hydrogen-bond acceptors (Lipinski definition) is 2. The van der Waals surface area contributed by atoms with Crippen molar-refractivity contribution >= 4 is 5.95 Å². The highest BCUT2D eigenvalue weighted by Gasteiger charge is 2.17. The normalized spacial score (nSPS) is 12.1. The second-order valence-electron chi connectivity index (χ2n) is 4.98. The minimum atomic E-state index is 0.268. The molecule has 0 aliphatic rings. The number of nitrogens with zero attached hydrogens (tertiary/aromatic N) is 2. The first-order valence-electron chi connectivity index (χ1n) is 5.16. The molecule has 80 valence electrons. The molecule has 0 saturated heterocycles. The molecule has 3 nitrogen and oxygen atoms in total. The Morgan fingerprint density at radius 2 is 1.93 bits per heavy atom. The van der Waals surface area contributed by atoms with Crippen molar-refractivity contribution in [2.75, 3.05) is 5.73 Å². The summed E-state index contributed by atoms with van der Waals surface area (Å²) in [5.41, 5.74) is 8.44. The van der Waals surface area contributed by atoms with Crippen molar-refractivity contribution in [2.24, 2.45) is 5.41 Å². The van der Waals surface area contributed by atoms with Crippen molar-refractivity contribution in [3.05, 3.63) is 11.4 Å². The zero-order valence-electron chi connectivity index (χ0n) is 9.89. The van der Waals surface area contributed by atoms with Crippen LogP contribution in [0.15, 0.2) is 0 Å². The van der Waals surface area contributed by atoms with Gasteiger partial charge >= 0.3 is 0 Å². The molecule has 0 spiro atoms. The van der Waals surface area contributed by atoms with Crippen LogP contribution in [0.4, 0.5) is 5.95 Å². The van der Waals surface area contributed by atoms with Gasteiger partial charge in [-0.25, -0.2) is 4.98 Å². The van der Waals surface area contributed by atoms with E-state index < -0.39 is 0 Å². The van der Waals surface area contributed by atoms with Crippen LogP contribution >= 0.6 is 0 Å². The number of nitrogen functional groups attached to an aromatic ring is 1. The van der Waals surface area contributed by atoms with E-state index in [0.29, 0.717) is 5.95 Å². The first-order chi connectivity index (χ1) is 6.35. The molecule has 0 aliphatic heterocycles. The Bertz CT molecular complexity index is 318. The lowest BCUT2D eigenvalue weighted by Crippen LogP contribution is -2.10. The Morgan fingerprint density at radius 3 is 2.29 bits per heavy atom. The fourth-order valence-electron chi connectivity index (χ4n) is 1.68. The second kappa shape index (κ2) is 3.64. The van der Waals surface area contributed by atoms with E-state index in [1.54, 1.807) is 0 Å². The van der Waals surface area contributed by atoms with Crippen molar-refractivity contribution in [3.8, 4) is 0 Å². The lowest BCUT2D eigenvalue weighted by molar-refractivity contribution is 0.405. The van der Waals surface area contributed by atoms with Crippen LogP contribution in [0.3, 0.4) is 0 Å². The van der Waals surface area contributed by atoms with Crippen molar-refractivity contribution in [3.63, 3.8) is 0 Å². The zero-order valence-corrected chi connectivity index (χ0v) is 9.89. The molecule has 0 atom stereocenters. The fraction of sp³-hybridized carbons (Fsp3) is 0.727. The lowest BCUT2D eigenvalue weighted by Gasteiger charge is -2.16. The maximum Gasteiger partial charge on any atom is 0.200 e. The second-order valence-corrected chi connectivity index (χ2v) is 4.98. The average molecular weight is 195 g/mol. The molecular weight excluding hydrogens is 174 g/mol. The first-order valence-corrected chi connectivity index (χ1v) is 5.16. The van der Waals surface area contributed by atoms with Gasteiger partial charge in [-0.1, -0.05) is 20.8 Å². The van der Waals surface area contributed by atoms with E-state index in [2.05, 4.69) is 44.2 Å². The van der Waals surface area contributed by atoms with Gasteiger partial charge in [0.1, 0.15) is 0 Å². The van der Waals surface area contributed by atoms with Crippen LogP contribution in [0, 0.1) is 12.3 Å². The Hall–Kier alpha value is -0.990. The van der Waals surface area contributed by atoms with Gasteiger partial charge in [0.2, 0.25) is 5.95 Å². The highest BCUT2D eigenvalue weighted by atomic mass is 15.2. The minimum absolute atomic E-state index is 0.268. The summed E-state index contributed by atoms with van der Waals surface area (Å²) in [7, 11) is 0. The molecule has 1 aromatic heterocycles. The Labute approximate surface area is 86.3 Å². The van der Waals surface area contributed by atoms with Gasteiger partial charge in [-0.2, -0.15) is 0 Å². The van der Waals surface area contributed by atoms with Gasteiger partial charge in [-0.05, 0) is 25.7 Å². The maximum atomic E-state index is 5.82. The van der Waals surface area contributed by atoms with Crippen molar-refractivity contribution in [1.82, 2.24) is 9.55 Å². The molecule has 3 heteroatoms. The highest BCUT2D eigenvalue weighted by Crippen LogP contribution is 2.23. The molecule has 1 aromatic rings. The van der Waals surface area contributed by atoms with Crippen LogP contribution in [-0.2, 0) is 13.0 Å². The van der Waals surface area contributed by atoms with Crippen LogP contribution < -0.4 is 5.73 Å². The van der Waals surface area contributed by atoms with Crippen molar-refractivity contribution in [2.45, 2.75) is 47.6 Å². The summed E-state index contributed by atoms with van der Waals surface area (Å²) in [6.45, 7) is 11.7. The van der Waals surface area contributed by atoms with Crippen molar-refractivity contribution < 1.29 is 0 Å². The maximum absolute atomic E-state index is 5.82. The molecule has 0 saturated carbocycles. The molecule has 0 fully saturated rings. The highest BCUT2D eigenvalue weighted by molar-refractivity contribution is 5.29. The molecular formula is C11H21N3. The van der Waals surface area contributed by atoms with Gasteiger partial charge in [-0.3, -0.25) is 0 Å². The fourth-order valence-corrected chi connectivity index (χ4v) is 1.68. The summed E-state index contributed by atoms with van der Waals surface area (Å²) in [6, 6.07) is 0. The molecule has 1 heterocycles. The number of imidazole rings is 1. The predicted molar refractivity (Wildman–Crippen MR) is 60.2 cm³/mol. The van der Waals surface area contributed by atoms with E-state index >= 15 is 0 Å². The lowest BCUT2D eigenvalue weighted by atomic mass is 9.90. The monoisotopic (exact) mass is 195 g/mol. The van der Waals surface area contributed by atoms with E-state index in [4.69, 9.17) is 5.73 Å². The summed E-state index contributed by atoms with van der Waals surface area (Å²) in [4.78, 5) is 4.41. The Kier molecular flexibility index (Phi) is 2.88. The smallest absolute Gasteiger partial charge is 0.200 e. The molecule has 0 amide bonds. The molecule has 0 unspecified atom stereocenters. The van der Waals surface area contributed by atoms with E-state index in [1.807, 2.05) is 0 Å². The predicted octanol–water partition coefficient (Wildman–Crippen LogP) is 2.38. The van der Waals surface area contributed by atoms with Gasteiger partial charge in [0.25, 0.3) is 0 Å². The van der Waals surface area contributed by atoms with Gasteiger partial charge in [-0.15, -0.1) is 0 Å². The Morgan fingerprint density at radius 1 is 1.36 bits per heavy atom. The molecule has 0 aromatic carbocycles. The van der Waals surface area contributed by atoms with Crippen LogP contribution in [0.5, 0.6) is 0 Å². The van der Waals surface area contributed by atoms with Crippen LogP contribution in [0.2, 0.25) is 0 Å². The van der Waals surface area contributed by atoms with Crippen LogP contribution in [0.1, 0.15) is 39.1 Å². The number of rotatable bonds is 2. The topological polar surface area (TPSA) is 43.8 Å². The van der Waals surface area contributed by atoms with Gasteiger partial charge in [0.05, 0.1) is 5.69 Å². The zero-order chi connectivity index (χ0) is 10.9. The molecule has 1 rings (SSSR count). The summed E-state index contributed by atoms with van der Waals surface area (Å²) in [5.74, 6) is 0.643. The van der Waals surface area contributed by atoms with E-state index in [-0.39, 0.29) is 5.41 Å². The minimum Gasteiger partial charge on any atom is -0.369 e. The summed E-state index contributed by atoms with van der Waals surface area (Å²) in [6.07, 6.45) is 0.982. The quantitative estimate of drug-likeness (QED) is 0.787. The number of hydrogen-bond donors (Lipinski definition) is 1. The summed E-state index contributed by atoms with van der Waals surface area (Å²) < 4.78 is 2.06. The summed E-state index contributed by atoms with van der Waals surface area (Å²) in [5, 5.41) is 0. The molecule has 0 radical (unpaired) electrons. The average Bonchev–Trinajstić information content (AvgIpc) is 2.24. The largest absolute Gasteiger partial charge is 0.369 e. The SMILES string of the molecule is CCn1c(N)nc(CC(C)(C)C)c1C. The molecule has 0 aliphatic carbocycles. The summed E-state index contributed by atoms with van der Waals surface area (Å²) >= 11 is 0.